The molecule has 17 heavy (non-hydrogen) atoms. The van der Waals surface area contributed by atoms with E-state index in [1.165, 1.54) is 4.90 Å². The van der Waals surface area contributed by atoms with Crippen molar-refractivity contribution in [3.63, 3.8) is 0 Å². The molecule has 0 aliphatic carbocycles. The van der Waals surface area contributed by atoms with Crippen LogP contribution in [0.5, 0.6) is 0 Å². The average molecular weight is 256 g/mol. The molecule has 4 N–H and O–H groups in total. The zero-order chi connectivity index (χ0) is 13.0. The second-order valence-electron chi connectivity index (χ2n) is 3.49. The van der Waals surface area contributed by atoms with E-state index < -0.39 is 5.91 Å². The van der Waals surface area contributed by atoms with Crippen molar-refractivity contribution in [2.24, 2.45) is 5.73 Å². The van der Waals surface area contributed by atoms with Gasteiger partial charge in [0.05, 0.1) is 22.8 Å². The molecule has 0 aliphatic heterocycles. The highest BCUT2D eigenvalue weighted by Gasteiger charge is 2.19. The number of nitrogen functional groups attached to an aromatic ring is 1. The number of carbonyl (C=O) groups is 2. The Labute approximate surface area is 104 Å². The van der Waals surface area contributed by atoms with Crippen LogP contribution in [0.3, 0.4) is 0 Å². The summed E-state index contributed by atoms with van der Waals surface area (Å²) in [4.78, 5) is 24.2. The Balaban J connectivity index is 3.02. The highest BCUT2D eigenvalue weighted by atomic mass is 35.5. The monoisotopic (exact) mass is 255 g/mol. The van der Waals surface area contributed by atoms with Gasteiger partial charge in [0.15, 0.2) is 0 Å². The van der Waals surface area contributed by atoms with Crippen LogP contribution in [-0.4, -0.2) is 29.8 Å². The summed E-state index contributed by atoms with van der Waals surface area (Å²) in [5.41, 5.74) is 11.3. The maximum Gasteiger partial charge on any atom is 0.255 e. The number of nitrogens with zero attached hydrogens (tertiary/aromatic N) is 1. The SMILES string of the molecule is CCN(CC(N)=O)C(=O)c1cccc(N)c1Cl. The Kier molecular flexibility index (Phi) is 4.34. The number of nitrogens with two attached hydrogens (primary N) is 2. The second-order valence-corrected chi connectivity index (χ2v) is 3.87. The number of benzene rings is 1. The molecule has 0 atom stereocenters. The van der Waals surface area contributed by atoms with Crippen LogP contribution in [-0.2, 0) is 4.79 Å². The Morgan fingerprint density at radius 3 is 2.59 bits per heavy atom. The minimum atomic E-state index is -0.569. The second kappa shape index (κ2) is 5.54. The molecule has 1 rings (SSSR count). The van der Waals surface area contributed by atoms with E-state index in [-0.39, 0.29) is 23.0 Å². The van der Waals surface area contributed by atoms with E-state index in [1.807, 2.05) is 0 Å². The van der Waals surface area contributed by atoms with Crippen LogP contribution in [0.15, 0.2) is 18.2 Å². The highest BCUT2D eigenvalue weighted by Crippen LogP contribution is 2.24. The average Bonchev–Trinajstić information content (AvgIpc) is 2.28. The molecule has 1 aromatic carbocycles. The van der Waals surface area contributed by atoms with Crippen molar-refractivity contribution in [2.45, 2.75) is 6.92 Å². The van der Waals surface area contributed by atoms with Crippen molar-refractivity contribution in [2.75, 3.05) is 18.8 Å². The summed E-state index contributed by atoms with van der Waals surface area (Å²) >= 11 is 5.94. The highest BCUT2D eigenvalue weighted by molar-refractivity contribution is 6.36. The van der Waals surface area contributed by atoms with Gasteiger partial charge in [0.25, 0.3) is 5.91 Å². The molecule has 0 fully saturated rings. The summed E-state index contributed by atoms with van der Waals surface area (Å²) in [6.07, 6.45) is 0. The van der Waals surface area contributed by atoms with Crippen molar-refractivity contribution in [1.29, 1.82) is 0 Å². The Bertz CT molecular complexity index is 448. The molecule has 0 aliphatic rings. The fourth-order valence-corrected chi connectivity index (χ4v) is 1.61. The number of amides is 2. The third-order valence-corrected chi connectivity index (χ3v) is 2.70. The minimum Gasteiger partial charge on any atom is -0.398 e. The van der Waals surface area contributed by atoms with Gasteiger partial charge in [-0.15, -0.1) is 0 Å². The third-order valence-electron chi connectivity index (χ3n) is 2.27. The lowest BCUT2D eigenvalue weighted by Gasteiger charge is -2.19. The normalized spacial score (nSPS) is 10.0. The van der Waals surface area contributed by atoms with Crippen LogP contribution in [0.4, 0.5) is 5.69 Å². The van der Waals surface area contributed by atoms with Gasteiger partial charge >= 0.3 is 0 Å². The van der Waals surface area contributed by atoms with E-state index in [9.17, 15) is 9.59 Å². The van der Waals surface area contributed by atoms with Crippen molar-refractivity contribution in [3.8, 4) is 0 Å². The Hall–Kier alpha value is -1.75. The van der Waals surface area contributed by atoms with Gasteiger partial charge in [0.2, 0.25) is 5.91 Å². The third kappa shape index (κ3) is 3.10. The zero-order valence-electron chi connectivity index (χ0n) is 9.44. The first kappa shape index (κ1) is 13.3. The van der Waals surface area contributed by atoms with Crippen LogP contribution in [0.25, 0.3) is 0 Å². The zero-order valence-corrected chi connectivity index (χ0v) is 10.2. The van der Waals surface area contributed by atoms with Gasteiger partial charge in [-0.2, -0.15) is 0 Å². The molecule has 92 valence electrons. The minimum absolute atomic E-state index is 0.138. The van der Waals surface area contributed by atoms with Crippen molar-refractivity contribution in [1.82, 2.24) is 4.90 Å². The number of carbonyl (C=O) groups excluding carboxylic acids is 2. The molecular formula is C11H14ClN3O2. The van der Waals surface area contributed by atoms with Crippen molar-refractivity contribution in [3.05, 3.63) is 28.8 Å². The molecule has 6 heteroatoms. The molecule has 0 saturated carbocycles. The molecule has 0 spiro atoms. The maximum absolute atomic E-state index is 12.1. The number of hydrogen-bond acceptors (Lipinski definition) is 3. The number of hydrogen-bond donors (Lipinski definition) is 2. The summed E-state index contributed by atoms with van der Waals surface area (Å²) in [5.74, 6) is -0.927. The Morgan fingerprint density at radius 2 is 2.06 bits per heavy atom. The van der Waals surface area contributed by atoms with Gasteiger partial charge in [-0.25, -0.2) is 0 Å². The first-order valence-corrected chi connectivity index (χ1v) is 5.46. The predicted molar refractivity (Wildman–Crippen MR) is 66.6 cm³/mol. The van der Waals surface area contributed by atoms with E-state index in [4.69, 9.17) is 23.1 Å². The summed E-state index contributed by atoms with van der Waals surface area (Å²) < 4.78 is 0. The van der Waals surface area contributed by atoms with Gasteiger partial charge in [0, 0.05) is 6.54 Å². The maximum atomic E-state index is 12.1. The van der Waals surface area contributed by atoms with Crippen molar-refractivity contribution >= 4 is 29.1 Å². The quantitative estimate of drug-likeness (QED) is 0.783. The van der Waals surface area contributed by atoms with Crippen molar-refractivity contribution < 1.29 is 9.59 Å². The van der Waals surface area contributed by atoms with E-state index in [1.54, 1.807) is 25.1 Å². The molecule has 0 aromatic heterocycles. The topological polar surface area (TPSA) is 89.4 Å². The number of primary amides is 1. The lowest BCUT2D eigenvalue weighted by molar-refractivity contribution is -0.118. The van der Waals surface area contributed by atoms with Crippen LogP contribution in [0, 0.1) is 0 Å². The molecule has 2 amide bonds. The molecule has 0 unspecified atom stereocenters. The van der Waals surface area contributed by atoms with Crippen LogP contribution < -0.4 is 11.5 Å². The van der Waals surface area contributed by atoms with E-state index in [0.29, 0.717) is 12.2 Å². The van der Waals surface area contributed by atoms with E-state index in [0.717, 1.165) is 0 Å². The van der Waals surface area contributed by atoms with Gasteiger partial charge in [-0.3, -0.25) is 9.59 Å². The predicted octanol–water partition coefficient (Wildman–Crippen LogP) is 0.870. The molecule has 0 saturated heterocycles. The molecular weight excluding hydrogens is 242 g/mol. The van der Waals surface area contributed by atoms with Gasteiger partial charge in [0.1, 0.15) is 0 Å². The molecule has 0 radical (unpaired) electrons. The van der Waals surface area contributed by atoms with Gasteiger partial charge in [-0.1, -0.05) is 17.7 Å². The molecule has 5 nitrogen and oxygen atoms in total. The summed E-state index contributed by atoms with van der Waals surface area (Å²) in [5, 5.41) is 0.195. The molecule has 0 bridgehead atoms. The Morgan fingerprint density at radius 1 is 1.41 bits per heavy atom. The van der Waals surface area contributed by atoms with E-state index in [2.05, 4.69) is 0 Å². The molecule has 1 aromatic rings. The summed E-state index contributed by atoms with van der Waals surface area (Å²) in [6.45, 7) is 1.98. The lowest BCUT2D eigenvalue weighted by atomic mass is 10.1. The van der Waals surface area contributed by atoms with Crippen LogP contribution >= 0.6 is 11.6 Å². The number of likely N-dealkylation sites (N-methyl/N-ethyl adjacent to an activating group) is 1. The van der Waals surface area contributed by atoms with E-state index >= 15 is 0 Å². The fraction of sp³-hybridized carbons (Fsp3) is 0.273. The summed E-state index contributed by atoms with van der Waals surface area (Å²) in [7, 11) is 0. The van der Waals surface area contributed by atoms with Crippen LogP contribution in [0.1, 0.15) is 17.3 Å². The number of rotatable bonds is 4. The van der Waals surface area contributed by atoms with Gasteiger partial charge in [-0.05, 0) is 19.1 Å². The molecule has 0 heterocycles. The summed E-state index contributed by atoms with van der Waals surface area (Å²) in [6, 6.07) is 4.79. The number of halogens is 1. The first-order chi connectivity index (χ1) is 7.97. The van der Waals surface area contributed by atoms with Gasteiger partial charge < -0.3 is 16.4 Å². The number of anilines is 1. The standard InChI is InChI=1S/C11H14ClN3O2/c1-2-15(6-9(14)16)11(17)7-4-3-5-8(13)10(7)12/h3-5H,2,6,13H2,1H3,(H2,14,16). The smallest absolute Gasteiger partial charge is 0.255 e. The fourth-order valence-electron chi connectivity index (χ4n) is 1.40. The van der Waals surface area contributed by atoms with Crippen LogP contribution in [0.2, 0.25) is 5.02 Å². The largest absolute Gasteiger partial charge is 0.398 e. The lowest BCUT2D eigenvalue weighted by Crippen LogP contribution is -2.38. The first-order valence-electron chi connectivity index (χ1n) is 5.09.